The minimum absolute atomic E-state index is 0.0813. The fourth-order valence-corrected chi connectivity index (χ4v) is 3.82. The Morgan fingerprint density at radius 1 is 0.903 bits per heavy atom. The highest BCUT2D eigenvalue weighted by molar-refractivity contribution is 6.05. The van der Waals surface area contributed by atoms with Crippen LogP contribution in [0.25, 0.3) is 21.9 Å². The second-order valence-electron chi connectivity index (χ2n) is 7.42. The van der Waals surface area contributed by atoms with Crippen LogP contribution in [0.5, 0.6) is 17.2 Å². The smallest absolute Gasteiger partial charge is 0.251 e. The van der Waals surface area contributed by atoms with Crippen molar-refractivity contribution >= 4 is 27.8 Å². The summed E-state index contributed by atoms with van der Waals surface area (Å²) < 4.78 is 21.9. The number of carbonyl (C=O) groups is 1. The second-order valence-corrected chi connectivity index (χ2v) is 7.42. The van der Waals surface area contributed by atoms with Gasteiger partial charge in [0.1, 0.15) is 11.2 Å². The SMILES string of the molecule is COc1cc(C(=O)N[C@@H](C)Cc2ccc3oc4ccccc4c3c2)cc(OC)c1OC. The molecule has 1 aromatic heterocycles. The molecular weight excluding hydrogens is 394 g/mol. The third-order valence-corrected chi connectivity index (χ3v) is 5.29. The topological polar surface area (TPSA) is 69.9 Å². The first kappa shape index (κ1) is 20.6. The van der Waals surface area contributed by atoms with E-state index >= 15 is 0 Å². The number of furan rings is 1. The van der Waals surface area contributed by atoms with Crippen LogP contribution in [0.1, 0.15) is 22.8 Å². The van der Waals surface area contributed by atoms with Crippen LogP contribution in [0.4, 0.5) is 0 Å². The van der Waals surface area contributed by atoms with Crippen LogP contribution in [0, 0.1) is 0 Å². The summed E-state index contributed by atoms with van der Waals surface area (Å²) in [6.07, 6.45) is 0.686. The molecule has 1 heterocycles. The van der Waals surface area contributed by atoms with Crippen molar-refractivity contribution in [1.29, 1.82) is 0 Å². The monoisotopic (exact) mass is 419 g/mol. The van der Waals surface area contributed by atoms with E-state index in [1.165, 1.54) is 21.3 Å². The maximum Gasteiger partial charge on any atom is 0.251 e. The van der Waals surface area contributed by atoms with E-state index in [0.29, 0.717) is 29.2 Å². The van der Waals surface area contributed by atoms with Crippen LogP contribution >= 0.6 is 0 Å². The highest BCUT2D eigenvalue weighted by atomic mass is 16.5. The van der Waals surface area contributed by atoms with E-state index < -0.39 is 0 Å². The summed E-state index contributed by atoms with van der Waals surface area (Å²) in [5, 5.41) is 5.22. The quantitative estimate of drug-likeness (QED) is 0.458. The van der Waals surface area contributed by atoms with E-state index in [-0.39, 0.29) is 11.9 Å². The molecule has 4 rings (SSSR count). The third-order valence-electron chi connectivity index (χ3n) is 5.29. The Kier molecular flexibility index (Phi) is 5.71. The van der Waals surface area contributed by atoms with Crippen LogP contribution in [-0.2, 0) is 6.42 Å². The number of para-hydroxylation sites is 1. The maximum atomic E-state index is 12.8. The first-order valence-corrected chi connectivity index (χ1v) is 10.0. The summed E-state index contributed by atoms with van der Waals surface area (Å²) in [7, 11) is 4.58. The predicted octanol–water partition coefficient (Wildman–Crippen LogP) is 4.97. The lowest BCUT2D eigenvalue weighted by Crippen LogP contribution is -2.34. The minimum atomic E-state index is -0.207. The van der Waals surface area contributed by atoms with Gasteiger partial charge in [0.2, 0.25) is 5.75 Å². The van der Waals surface area contributed by atoms with Crippen molar-refractivity contribution in [1.82, 2.24) is 5.32 Å². The number of amides is 1. The molecule has 1 amide bonds. The molecule has 0 saturated heterocycles. The number of benzene rings is 3. The van der Waals surface area contributed by atoms with Crippen molar-refractivity contribution in [3.63, 3.8) is 0 Å². The second kappa shape index (κ2) is 8.60. The van der Waals surface area contributed by atoms with Gasteiger partial charge in [0, 0.05) is 22.4 Å². The first-order chi connectivity index (χ1) is 15.0. The van der Waals surface area contributed by atoms with Crippen molar-refractivity contribution in [2.75, 3.05) is 21.3 Å². The molecule has 3 aromatic carbocycles. The van der Waals surface area contributed by atoms with Gasteiger partial charge in [-0.2, -0.15) is 0 Å². The van der Waals surface area contributed by atoms with Gasteiger partial charge in [-0.15, -0.1) is 0 Å². The summed E-state index contributed by atoms with van der Waals surface area (Å²) in [5.41, 5.74) is 3.30. The average molecular weight is 419 g/mol. The summed E-state index contributed by atoms with van der Waals surface area (Å²) in [4.78, 5) is 12.8. The molecule has 4 aromatic rings. The van der Waals surface area contributed by atoms with Gasteiger partial charge in [-0.05, 0) is 49.2 Å². The largest absolute Gasteiger partial charge is 0.493 e. The average Bonchev–Trinajstić information content (AvgIpc) is 3.15. The Hall–Kier alpha value is -3.67. The van der Waals surface area contributed by atoms with Crippen molar-refractivity contribution in [2.24, 2.45) is 0 Å². The number of rotatable bonds is 7. The molecule has 0 fully saturated rings. The van der Waals surface area contributed by atoms with Gasteiger partial charge in [0.05, 0.1) is 21.3 Å². The van der Waals surface area contributed by atoms with Gasteiger partial charge in [0.25, 0.3) is 5.91 Å². The molecule has 0 saturated carbocycles. The lowest BCUT2D eigenvalue weighted by molar-refractivity contribution is 0.0939. The van der Waals surface area contributed by atoms with Crippen LogP contribution < -0.4 is 19.5 Å². The fourth-order valence-electron chi connectivity index (χ4n) is 3.82. The molecule has 1 N–H and O–H groups in total. The molecule has 0 aliphatic rings. The number of nitrogens with one attached hydrogen (secondary N) is 1. The first-order valence-electron chi connectivity index (χ1n) is 10.0. The lowest BCUT2D eigenvalue weighted by atomic mass is 10.0. The number of fused-ring (bicyclic) bond motifs is 3. The Labute approximate surface area is 180 Å². The number of carbonyl (C=O) groups excluding carboxylic acids is 1. The number of hydrogen-bond acceptors (Lipinski definition) is 5. The van der Waals surface area contributed by atoms with Gasteiger partial charge in [0.15, 0.2) is 11.5 Å². The summed E-state index contributed by atoms with van der Waals surface area (Å²) in [5.74, 6) is 1.13. The van der Waals surface area contributed by atoms with E-state index in [9.17, 15) is 4.79 Å². The summed E-state index contributed by atoms with van der Waals surface area (Å²) in [6.45, 7) is 1.98. The molecule has 0 unspecified atom stereocenters. The molecule has 6 nitrogen and oxygen atoms in total. The van der Waals surface area contributed by atoms with Crippen molar-refractivity contribution in [2.45, 2.75) is 19.4 Å². The minimum Gasteiger partial charge on any atom is -0.493 e. The number of ether oxygens (including phenoxy) is 3. The third kappa shape index (κ3) is 4.01. The predicted molar refractivity (Wildman–Crippen MR) is 120 cm³/mol. The standard InChI is InChI=1S/C25H25NO5/c1-15(26-25(27)17-13-22(28-2)24(30-4)23(14-17)29-3)11-16-9-10-21-19(12-16)18-7-5-6-8-20(18)31-21/h5-10,12-15H,11H2,1-4H3,(H,26,27)/t15-/m0/s1. The molecule has 160 valence electrons. The van der Waals surface area contributed by atoms with E-state index in [1.54, 1.807) is 12.1 Å². The van der Waals surface area contributed by atoms with Crippen LogP contribution in [0.2, 0.25) is 0 Å². The molecule has 0 aliphatic carbocycles. The van der Waals surface area contributed by atoms with Crippen LogP contribution in [-0.4, -0.2) is 33.3 Å². The van der Waals surface area contributed by atoms with Crippen LogP contribution in [0.15, 0.2) is 59.0 Å². The maximum absolute atomic E-state index is 12.8. The fraction of sp³-hybridized carbons (Fsp3) is 0.240. The zero-order valence-corrected chi connectivity index (χ0v) is 18.0. The molecule has 0 radical (unpaired) electrons. The Bertz CT molecular complexity index is 1220. The molecule has 0 aliphatic heterocycles. The van der Waals surface area contributed by atoms with E-state index in [0.717, 1.165) is 27.5 Å². The van der Waals surface area contributed by atoms with Crippen molar-refractivity contribution in [3.05, 3.63) is 65.7 Å². The number of hydrogen-bond donors (Lipinski definition) is 1. The molecule has 31 heavy (non-hydrogen) atoms. The van der Waals surface area contributed by atoms with E-state index in [2.05, 4.69) is 17.4 Å². The molecule has 6 heteroatoms. The van der Waals surface area contributed by atoms with Gasteiger partial charge in [-0.1, -0.05) is 24.3 Å². The highest BCUT2D eigenvalue weighted by Crippen LogP contribution is 2.38. The Balaban J connectivity index is 1.53. The zero-order chi connectivity index (χ0) is 22.0. The van der Waals surface area contributed by atoms with Gasteiger partial charge < -0.3 is 23.9 Å². The number of methoxy groups -OCH3 is 3. The molecule has 0 spiro atoms. The van der Waals surface area contributed by atoms with Crippen molar-refractivity contribution in [3.8, 4) is 17.2 Å². The molecule has 0 bridgehead atoms. The Morgan fingerprint density at radius 2 is 1.58 bits per heavy atom. The van der Waals surface area contributed by atoms with Crippen molar-refractivity contribution < 1.29 is 23.4 Å². The zero-order valence-electron chi connectivity index (χ0n) is 18.0. The molecular formula is C25H25NO5. The van der Waals surface area contributed by atoms with Crippen LogP contribution in [0.3, 0.4) is 0 Å². The summed E-state index contributed by atoms with van der Waals surface area (Å²) >= 11 is 0. The van der Waals surface area contributed by atoms with Gasteiger partial charge in [-0.25, -0.2) is 0 Å². The van der Waals surface area contributed by atoms with Gasteiger partial charge in [-0.3, -0.25) is 4.79 Å². The molecule has 1 atom stereocenters. The van der Waals surface area contributed by atoms with E-state index in [1.807, 2.05) is 37.3 Å². The van der Waals surface area contributed by atoms with E-state index in [4.69, 9.17) is 18.6 Å². The van der Waals surface area contributed by atoms with Gasteiger partial charge >= 0.3 is 0 Å². The normalized spacial score (nSPS) is 12.0. The highest BCUT2D eigenvalue weighted by Gasteiger charge is 2.18. The summed E-state index contributed by atoms with van der Waals surface area (Å²) in [6, 6.07) is 17.4. The Morgan fingerprint density at radius 3 is 2.26 bits per heavy atom. The lowest BCUT2D eigenvalue weighted by Gasteiger charge is -2.17.